The van der Waals surface area contributed by atoms with E-state index in [1.165, 1.54) is 19.3 Å². The second-order valence-electron chi connectivity index (χ2n) is 9.35. The molecular weight excluding hydrogens is 360 g/mol. The zero-order valence-corrected chi connectivity index (χ0v) is 16.4. The van der Waals surface area contributed by atoms with Gasteiger partial charge in [0.15, 0.2) is 0 Å². The first-order valence-corrected chi connectivity index (χ1v) is 10.8. The minimum atomic E-state index is -0.332. The molecule has 4 nitrogen and oxygen atoms in total. The molecule has 4 saturated carbocycles. The van der Waals surface area contributed by atoms with Gasteiger partial charge < -0.3 is 10.2 Å². The predicted octanol–water partition coefficient (Wildman–Crippen LogP) is 4.49. The number of carbonyl (C=O) groups excluding carboxylic acids is 2. The predicted molar refractivity (Wildman–Crippen MR) is 105 cm³/mol. The van der Waals surface area contributed by atoms with Gasteiger partial charge >= 0.3 is 0 Å². The van der Waals surface area contributed by atoms with Crippen molar-refractivity contribution >= 4 is 29.1 Å². The number of hydrogen-bond donors (Lipinski definition) is 1. The molecule has 1 heterocycles. The largest absolute Gasteiger partial charge is 0.330 e. The molecule has 0 radical (unpaired) electrons. The van der Waals surface area contributed by atoms with Crippen molar-refractivity contribution < 1.29 is 9.59 Å². The van der Waals surface area contributed by atoms with Crippen LogP contribution in [-0.2, 0) is 9.59 Å². The summed E-state index contributed by atoms with van der Waals surface area (Å²) < 4.78 is 0. The number of hydrogen-bond acceptors (Lipinski definition) is 2. The van der Waals surface area contributed by atoms with Crippen molar-refractivity contribution in [2.75, 3.05) is 11.9 Å². The van der Waals surface area contributed by atoms with Crippen LogP contribution < -0.4 is 5.32 Å². The Morgan fingerprint density at radius 3 is 2.19 bits per heavy atom. The van der Waals surface area contributed by atoms with Crippen LogP contribution in [0.25, 0.3) is 0 Å². The molecule has 27 heavy (non-hydrogen) atoms. The molecule has 0 aromatic heterocycles. The number of nitrogens with one attached hydrogen (secondary N) is 1. The van der Waals surface area contributed by atoms with Crippen LogP contribution in [0.15, 0.2) is 24.3 Å². The average Bonchev–Trinajstić information content (AvgIpc) is 3.11. The van der Waals surface area contributed by atoms with E-state index in [9.17, 15) is 9.59 Å². The Labute approximate surface area is 165 Å². The van der Waals surface area contributed by atoms with Crippen molar-refractivity contribution in [3.63, 3.8) is 0 Å². The Hall–Kier alpha value is -1.55. The molecule has 1 atom stereocenters. The topological polar surface area (TPSA) is 49.4 Å². The van der Waals surface area contributed by atoms with E-state index in [1.54, 1.807) is 24.3 Å². The van der Waals surface area contributed by atoms with Crippen LogP contribution in [0.4, 0.5) is 5.69 Å². The van der Waals surface area contributed by atoms with Gasteiger partial charge in [-0.2, -0.15) is 0 Å². The van der Waals surface area contributed by atoms with Gasteiger partial charge in [-0.05, 0) is 93.4 Å². The monoisotopic (exact) mass is 386 g/mol. The summed E-state index contributed by atoms with van der Waals surface area (Å²) in [5.41, 5.74) is 0.566. The van der Waals surface area contributed by atoms with E-state index in [4.69, 9.17) is 11.6 Å². The number of rotatable bonds is 3. The lowest BCUT2D eigenvalue weighted by molar-refractivity contribution is -0.160. The van der Waals surface area contributed by atoms with Crippen LogP contribution in [0.3, 0.4) is 0 Å². The maximum atomic E-state index is 13.6. The van der Waals surface area contributed by atoms with Gasteiger partial charge in [0.1, 0.15) is 6.04 Å². The van der Waals surface area contributed by atoms with Gasteiger partial charge in [0, 0.05) is 17.3 Å². The zero-order valence-electron chi connectivity index (χ0n) is 15.6. The van der Waals surface area contributed by atoms with Crippen molar-refractivity contribution in [2.45, 2.75) is 57.4 Å². The van der Waals surface area contributed by atoms with Crippen LogP contribution in [0.1, 0.15) is 51.4 Å². The van der Waals surface area contributed by atoms with Crippen LogP contribution in [-0.4, -0.2) is 29.3 Å². The van der Waals surface area contributed by atoms with Crippen molar-refractivity contribution in [3.8, 4) is 0 Å². The number of nitrogens with zero attached hydrogens (tertiary/aromatic N) is 1. The fourth-order valence-electron chi connectivity index (χ4n) is 6.72. The molecule has 1 unspecified atom stereocenters. The first kappa shape index (κ1) is 17.5. The van der Waals surface area contributed by atoms with Crippen molar-refractivity contribution in [2.24, 2.45) is 23.2 Å². The summed E-state index contributed by atoms with van der Waals surface area (Å²) in [6.07, 6.45) is 8.82. The number of halogens is 1. The normalized spacial score (nSPS) is 36.9. The molecule has 1 aromatic carbocycles. The highest BCUT2D eigenvalue weighted by molar-refractivity contribution is 6.30. The van der Waals surface area contributed by atoms with Crippen LogP contribution in [0, 0.1) is 23.2 Å². The Bertz CT molecular complexity index is 725. The summed E-state index contributed by atoms with van der Waals surface area (Å²) in [5, 5.41) is 3.62. The van der Waals surface area contributed by atoms with E-state index in [0.717, 1.165) is 62.1 Å². The third kappa shape index (κ3) is 3.06. The molecular formula is C22H27ClN2O2. The van der Waals surface area contributed by atoms with Crippen molar-refractivity contribution in [3.05, 3.63) is 29.3 Å². The summed E-state index contributed by atoms with van der Waals surface area (Å²) in [7, 11) is 0. The Morgan fingerprint density at radius 1 is 1.00 bits per heavy atom. The number of carbonyl (C=O) groups is 2. The Morgan fingerprint density at radius 2 is 1.59 bits per heavy atom. The van der Waals surface area contributed by atoms with E-state index in [2.05, 4.69) is 5.32 Å². The Balaban J connectivity index is 1.32. The van der Waals surface area contributed by atoms with Gasteiger partial charge in [0.05, 0.1) is 5.41 Å². The number of anilines is 1. The second kappa shape index (κ2) is 6.51. The van der Waals surface area contributed by atoms with Gasteiger partial charge in [0.25, 0.3) is 0 Å². The maximum Gasteiger partial charge on any atom is 0.247 e. The molecule has 1 saturated heterocycles. The first-order valence-electron chi connectivity index (χ1n) is 10.4. The van der Waals surface area contributed by atoms with E-state index in [0.29, 0.717) is 5.02 Å². The van der Waals surface area contributed by atoms with Gasteiger partial charge in [0.2, 0.25) is 11.8 Å². The standard InChI is InChI=1S/C22H27ClN2O2/c23-17-3-5-18(6-4-17)24-20(26)19-2-1-7-25(19)21(27)22-11-14-8-15(12-22)10-16(9-14)13-22/h3-6,14-16,19H,1-2,7-13H2,(H,24,26). The summed E-state index contributed by atoms with van der Waals surface area (Å²) in [4.78, 5) is 28.5. The first-order chi connectivity index (χ1) is 13.0. The fourth-order valence-corrected chi connectivity index (χ4v) is 6.84. The van der Waals surface area contributed by atoms with Crippen LogP contribution >= 0.6 is 11.6 Å². The Kier molecular flexibility index (Phi) is 4.23. The molecule has 144 valence electrons. The molecule has 1 N–H and O–H groups in total. The maximum absolute atomic E-state index is 13.6. The van der Waals surface area contributed by atoms with Crippen molar-refractivity contribution in [1.29, 1.82) is 0 Å². The van der Waals surface area contributed by atoms with Crippen molar-refractivity contribution in [1.82, 2.24) is 4.90 Å². The van der Waals surface area contributed by atoms with Gasteiger partial charge in [-0.3, -0.25) is 9.59 Å². The third-order valence-electron chi connectivity index (χ3n) is 7.42. The molecule has 6 rings (SSSR count). The SMILES string of the molecule is O=C(Nc1ccc(Cl)cc1)C1CCCN1C(=O)C12CC3CC(CC(C3)C1)C2. The highest BCUT2D eigenvalue weighted by Crippen LogP contribution is 2.60. The smallest absolute Gasteiger partial charge is 0.247 e. The second-order valence-corrected chi connectivity index (χ2v) is 9.79. The lowest BCUT2D eigenvalue weighted by Gasteiger charge is -2.56. The molecule has 0 spiro atoms. The molecule has 1 aromatic rings. The van der Waals surface area contributed by atoms with E-state index < -0.39 is 0 Å². The van der Waals surface area contributed by atoms with Crippen LogP contribution in [0.2, 0.25) is 5.02 Å². The summed E-state index contributed by atoms with van der Waals surface area (Å²) in [6.45, 7) is 0.722. The minimum absolute atomic E-state index is 0.0621. The van der Waals surface area contributed by atoms with E-state index >= 15 is 0 Å². The van der Waals surface area contributed by atoms with Crippen LogP contribution in [0.5, 0.6) is 0 Å². The molecule has 4 bridgehead atoms. The highest BCUT2D eigenvalue weighted by Gasteiger charge is 2.56. The number of amides is 2. The van der Waals surface area contributed by atoms with Gasteiger partial charge in [-0.1, -0.05) is 11.6 Å². The molecule has 5 heteroatoms. The lowest BCUT2D eigenvalue weighted by atomic mass is 9.49. The molecule has 2 amide bonds. The van der Waals surface area contributed by atoms with E-state index in [-0.39, 0.29) is 23.3 Å². The summed E-state index contributed by atoms with van der Waals surface area (Å²) >= 11 is 5.92. The number of benzene rings is 1. The molecule has 1 aliphatic heterocycles. The van der Waals surface area contributed by atoms with Gasteiger partial charge in [-0.15, -0.1) is 0 Å². The highest BCUT2D eigenvalue weighted by atomic mass is 35.5. The quantitative estimate of drug-likeness (QED) is 0.832. The molecule has 5 fully saturated rings. The minimum Gasteiger partial charge on any atom is -0.330 e. The number of likely N-dealkylation sites (tertiary alicyclic amines) is 1. The summed E-state index contributed by atoms with van der Waals surface area (Å²) in [5.74, 6) is 2.43. The average molecular weight is 387 g/mol. The third-order valence-corrected chi connectivity index (χ3v) is 7.67. The van der Waals surface area contributed by atoms with E-state index in [1.807, 2.05) is 4.90 Å². The summed E-state index contributed by atoms with van der Waals surface area (Å²) in [6, 6.07) is 6.82. The molecule has 4 aliphatic carbocycles. The zero-order chi connectivity index (χ0) is 18.6. The lowest BCUT2D eigenvalue weighted by Crippen LogP contribution is -2.56. The van der Waals surface area contributed by atoms with Gasteiger partial charge in [-0.25, -0.2) is 0 Å². The fraction of sp³-hybridized carbons (Fsp3) is 0.636. The molecule has 5 aliphatic rings.